The highest BCUT2D eigenvalue weighted by atomic mass is 32.2. The van der Waals surface area contributed by atoms with Crippen LogP contribution in [0.1, 0.15) is 39.2 Å². The standard InChI is InChI=1S/C20H29NO5S/c1-20(2,3)26-19(23)21-11-9-15(10-12-21)17(14-22)13-16-7-5-6-8-18(16)27(4,24)25/h5-8,14-15,17H,9-13H2,1-4H3. The van der Waals surface area contributed by atoms with Crippen LogP contribution in [0.4, 0.5) is 4.79 Å². The minimum atomic E-state index is -3.34. The van der Waals surface area contributed by atoms with E-state index in [9.17, 15) is 18.0 Å². The summed E-state index contributed by atoms with van der Waals surface area (Å²) < 4.78 is 29.4. The van der Waals surface area contributed by atoms with Crippen molar-refractivity contribution in [1.29, 1.82) is 0 Å². The molecular formula is C20H29NO5S. The van der Waals surface area contributed by atoms with Crippen LogP contribution in [0.3, 0.4) is 0 Å². The molecule has 1 aliphatic heterocycles. The van der Waals surface area contributed by atoms with Gasteiger partial charge in [-0.15, -0.1) is 0 Å². The van der Waals surface area contributed by atoms with Gasteiger partial charge in [-0.2, -0.15) is 0 Å². The molecule has 1 unspecified atom stereocenters. The molecule has 0 radical (unpaired) electrons. The number of nitrogens with zero attached hydrogens (tertiary/aromatic N) is 1. The Morgan fingerprint density at radius 1 is 1.26 bits per heavy atom. The van der Waals surface area contributed by atoms with Crippen LogP contribution in [0.15, 0.2) is 29.2 Å². The van der Waals surface area contributed by atoms with Crippen molar-refractivity contribution in [2.45, 2.75) is 50.5 Å². The predicted octanol–water partition coefficient (Wildman–Crippen LogP) is 3.09. The Hall–Kier alpha value is -1.89. The molecule has 0 bridgehead atoms. The topological polar surface area (TPSA) is 80.8 Å². The summed E-state index contributed by atoms with van der Waals surface area (Å²) in [5.41, 5.74) is 0.140. The second kappa shape index (κ2) is 8.42. The van der Waals surface area contributed by atoms with E-state index in [0.717, 1.165) is 6.29 Å². The molecule has 1 aromatic rings. The number of hydrogen-bond acceptors (Lipinski definition) is 5. The van der Waals surface area contributed by atoms with Gasteiger partial charge in [0.1, 0.15) is 11.9 Å². The maximum atomic E-state index is 12.2. The van der Waals surface area contributed by atoms with Gasteiger partial charge in [-0.3, -0.25) is 0 Å². The number of aldehydes is 1. The summed E-state index contributed by atoms with van der Waals surface area (Å²) in [4.78, 5) is 25.8. The molecule has 2 rings (SSSR count). The summed E-state index contributed by atoms with van der Waals surface area (Å²) in [6, 6.07) is 6.83. The Kier molecular flexibility index (Phi) is 6.68. The first kappa shape index (κ1) is 21.4. The zero-order chi connectivity index (χ0) is 20.2. The first-order valence-corrected chi connectivity index (χ1v) is 11.1. The van der Waals surface area contributed by atoms with Gasteiger partial charge in [0.25, 0.3) is 0 Å². The van der Waals surface area contributed by atoms with Crippen LogP contribution in [0.25, 0.3) is 0 Å². The SMILES string of the molecule is CC(C)(C)OC(=O)N1CCC(C(C=O)Cc2ccccc2S(C)(=O)=O)CC1. The fraction of sp³-hybridized carbons (Fsp3) is 0.600. The second-order valence-corrected chi connectivity index (χ2v) is 10.2. The van der Waals surface area contributed by atoms with Crippen molar-refractivity contribution in [2.75, 3.05) is 19.3 Å². The molecule has 0 saturated carbocycles. The highest BCUT2D eigenvalue weighted by Gasteiger charge is 2.31. The second-order valence-electron chi connectivity index (χ2n) is 8.19. The maximum Gasteiger partial charge on any atom is 0.410 e. The number of carbonyl (C=O) groups is 2. The van der Waals surface area contributed by atoms with Crippen LogP contribution in [0.2, 0.25) is 0 Å². The van der Waals surface area contributed by atoms with Gasteiger partial charge >= 0.3 is 6.09 Å². The molecule has 0 N–H and O–H groups in total. The average Bonchev–Trinajstić information content (AvgIpc) is 2.58. The molecule has 150 valence electrons. The molecule has 0 aliphatic carbocycles. The van der Waals surface area contributed by atoms with Crippen molar-refractivity contribution in [3.63, 3.8) is 0 Å². The normalized spacial score (nSPS) is 17.4. The number of ether oxygens (including phenoxy) is 1. The molecule has 1 amide bonds. The third-order valence-electron chi connectivity index (χ3n) is 4.80. The highest BCUT2D eigenvalue weighted by Crippen LogP contribution is 2.29. The number of amides is 1. The van der Waals surface area contributed by atoms with Gasteiger partial charge in [0.15, 0.2) is 9.84 Å². The molecule has 6 nitrogen and oxygen atoms in total. The molecule has 1 saturated heterocycles. The monoisotopic (exact) mass is 395 g/mol. The fourth-order valence-corrected chi connectivity index (χ4v) is 4.40. The summed E-state index contributed by atoms with van der Waals surface area (Å²) in [6.45, 7) is 6.58. The molecule has 1 aliphatic rings. The smallest absolute Gasteiger partial charge is 0.410 e. The Labute approximate surface area is 161 Å². The summed E-state index contributed by atoms with van der Waals surface area (Å²) in [5, 5.41) is 0. The van der Waals surface area contributed by atoms with Crippen LogP contribution in [-0.4, -0.2) is 50.6 Å². The van der Waals surface area contributed by atoms with E-state index in [1.807, 2.05) is 20.8 Å². The number of carbonyl (C=O) groups excluding carboxylic acids is 2. The lowest BCUT2D eigenvalue weighted by Crippen LogP contribution is -2.43. The number of benzene rings is 1. The zero-order valence-corrected chi connectivity index (χ0v) is 17.3. The van der Waals surface area contributed by atoms with Crippen molar-refractivity contribution in [2.24, 2.45) is 11.8 Å². The maximum absolute atomic E-state index is 12.2. The largest absolute Gasteiger partial charge is 0.444 e. The predicted molar refractivity (Wildman–Crippen MR) is 103 cm³/mol. The minimum absolute atomic E-state index is 0.119. The first-order valence-electron chi connectivity index (χ1n) is 9.22. The highest BCUT2D eigenvalue weighted by molar-refractivity contribution is 7.90. The van der Waals surface area contributed by atoms with E-state index in [4.69, 9.17) is 4.74 Å². The Morgan fingerprint density at radius 3 is 2.37 bits per heavy atom. The molecule has 0 spiro atoms. The van der Waals surface area contributed by atoms with E-state index >= 15 is 0 Å². The van der Waals surface area contributed by atoms with Crippen molar-refractivity contribution >= 4 is 22.2 Å². The summed E-state index contributed by atoms with van der Waals surface area (Å²) in [5.74, 6) is -0.150. The first-order chi connectivity index (χ1) is 12.5. The van der Waals surface area contributed by atoms with Crippen LogP contribution in [-0.2, 0) is 25.8 Å². The number of likely N-dealkylation sites (tertiary alicyclic amines) is 1. The van der Waals surface area contributed by atoms with Gasteiger partial charge in [0, 0.05) is 25.3 Å². The number of rotatable bonds is 5. The molecular weight excluding hydrogens is 366 g/mol. The van der Waals surface area contributed by atoms with Gasteiger partial charge in [-0.25, -0.2) is 13.2 Å². The molecule has 1 fully saturated rings. The molecule has 1 atom stereocenters. The van der Waals surface area contributed by atoms with Gasteiger partial charge in [0.05, 0.1) is 4.90 Å². The Morgan fingerprint density at radius 2 is 1.85 bits per heavy atom. The molecule has 27 heavy (non-hydrogen) atoms. The van der Waals surface area contributed by atoms with E-state index in [-0.39, 0.29) is 22.8 Å². The summed E-state index contributed by atoms with van der Waals surface area (Å²) in [6.07, 6.45) is 3.57. The minimum Gasteiger partial charge on any atom is -0.444 e. The van der Waals surface area contributed by atoms with Gasteiger partial charge in [0.2, 0.25) is 0 Å². The quantitative estimate of drug-likeness (QED) is 0.716. The van der Waals surface area contributed by atoms with Crippen LogP contribution >= 0.6 is 0 Å². The van der Waals surface area contributed by atoms with E-state index in [2.05, 4.69) is 0 Å². The van der Waals surface area contributed by atoms with Crippen LogP contribution in [0.5, 0.6) is 0 Å². The van der Waals surface area contributed by atoms with Crippen molar-refractivity contribution < 1.29 is 22.7 Å². The summed E-state index contributed by atoms with van der Waals surface area (Å²) >= 11 is 0. The lowest BCUT2D eigenvalue weighted by molar-refractivity contribution is -0.113. The van der Waals surface area contributed by atoms with Crippen molar-refractivity contribution in [1.82, 2.24) is 4.90 Å². The van der Waals surface area contributed by atoms with Gasteiger partial charge in [-0.1, -0.05) is 18.2 Å². The van der Waals surface area contributed by atoms with Gasteiger partial charge < -0.3 is 14.4 Å². The van der Waals surface area contributed by atoms with Crippen molar-refractivity contribution in [3.05, 3.63) is 29.8 Å². The molecule has 0 aromatic heterocycles. The zero-order valence-electron chi connectivity index (χ0n) is 16.5. The lowest BCUT2D eigenvalue weighted by atomic mass is 9.81. The number of sulfone groups is 1. The molecule has 1 heterocycles. The fourth-order valence-electron chi connectivity index (χ4n) is 3.45. The lowest BCUT2D eigenvalue weighted by Gasteiger charge is -2.35. The third-order valence-corrected chi connectivity index (χ3v) is 6.00. The third kappa shape index (κ3) is 6.06. The molecule has 7 heteroatoms. The average molecular weight is 396 g/mol. The van der Waals surface area contributed by atoms with E-state index in [0.29, 0.717) is 37.9 Å². The van der Waals surface area contributed by atoms with Crippen LogP contribution < -0.4 is 0 Å². The van der Waals surface area contributed by atoms with Crippen molar-refractivity contribution in [3.8, 4) is 0 Å². The van der Waals surface area contributed by atoms with E-state index < -0.39 is 15.4 Å². The van der Waals surface area contributed by atoms with Crippen LogP contribution in [0, 0.1) is 11.8 Å². The number of hydrogen-bond donors (Lipinski definition) is 0. The van der Waals surface area contributed by atoms with Gasteiger partial charge in [-0.05, 0) is 57.6 Å². The Bertz CT molecular complexity index is 774. The number of piperidine rings is 1. The Balaban J connectivity index is 2.03. The van der Waals surface area contributed by atoms with E-state index in [1.165, 1.54) is 6.26 Å². The summed E-state index contributed by atoms with van der Waals surface area (Å²) in [7, 11) is -3.34. The van der Waals surface area contributed by atoms with E-state index in [1.54, 1.807) is 29.2 Å². The molecule has 1 aromatic carbocycles.